The Morgan fingerprint density at radius 1 is 1.22 bits per heavy atom. The van der Waals surface area contributed by atoms with E-state index in [1.165, 1.54) is 0 Å². The number of aromatic nitrogens is 2. The number of nitrogen functional groups attached to an aromatic ring is 1. The van der Waals surface area contributed by atoms with E-state index in [1.807, 2.05) is 24.3 Å². The van der Waals surface area contributed by atoms with Crippen LogP contribution in [-0.2, 0) is 13.0 Å². The first kappa shape index (κ1) is 11.4. The molecule has 0 amide bonds. The van der Waals surface area contributed by atoms with Gasteiger partial charge in [0.1, 0.15) is 0 Å². The summed E-state index contributed by atoms with van der Waals surface area (Å²) >= 11 is 6.23. The van der Waals surface area contributed by atoms with Crippen molar-refractivity contribution in [1.29, 1.82) is 0 Å². The van der Waals surface area contributed by atoms with Crippen molar-refractivity contribution in [2.45, 2.75) is 13.0 Å². The first-order chi connectivity index (χ1) is 8.75. The summed E-state index contributed by atoms with van der Waals surface area (Å²) in [6.45, 7) is 1.68. The molecule has 0 fully saturated rings. The highest BCUT2D eigenvalue weighted by molar-refractivity contribution is 6.33. The molecule has 0 unspecified atom stereocenters. The Hall–Kier alpha value is -1.65. The molecule has 0 radical (unpaired) electrons. The summed E-state index contributed by atoms with van der Waals surface area (Å²) < 4.78 is 0. The van der Waals surface area contributed by atoms with Gasteiger partial charge < -0.3 is 11.1 Å². The Kier molecular flexibility index (Phi) is 2.89. The fourth-order valence-electron chi connectivity index (χ4n) is 2.24. The van der Waals surface area contributed by atoms with Crippen LogP contribution in [0.4, 0.5) is 5.95 Å². The summed E-state index contributed by atoms with van der Waals surface area (Å²) in [4.78, 5) is 8.67. The van der Waals surface area contributed by atoms with Gasteiger partial charge in [0.05, 0.1) is 11.4 Å². The minimum Gasteiger partial charge on any atom is -0.368 e. The van der Waals surface area contributed by atoms with Crippen molar-refractivity contribution in [3.8, 4) is 11.3 Å². The van der Waals surface area contributed by atoms with Crippen molar-refractivity contribution < 1.29 is 0 Å². The van der Waals surface area contributed by atoms with Crippen molar-refractivity contribution in [2.75, 3.05) is 12.3 Å². The number of hydrogen-bond donors (Lipinski definition) is 2. The number of rotatable bonds is 1. The molecule has 2 aromatic rings. The second kappa shape index (κ2) is 4.55. The van der Waals surface area contributed by atoms with Gasteiger partial charge in [-0.1, -0.05) is 29.8 Å². The Bertz CT molecular complexity index is 598. The fourth-order valence-corrected chi connectivity index (χ4v) is 2.46. The molecule has 1 aromatic carbocycles. The van der Waals surface area contributed by atoms with Crippen LogP contribution in [0.2, 0.25) is 5.02 Å². The normalized spacial score (nSPS) is 14.3. The highest BCUT2D eigenvalue weighted by atomic mass is 35.5. The lowest BCUT2D eigenvalue weighted by atomic mass is 10.0. The van der Waals surface area contributed by atoms with E-state index < -0.39 is 0 Å². The monoisotopic (exact) mass is 260 g/mol. The van der Waals surface area contributed by atoms with Crippen LogP contribution in [0.25, 0.3) is 11.3 Å². The van der Waals surface area contributed by atoms with E-state index in [2.05, 4.69) is 15.3 Å². The highest BCUT2D eigenvalue weighted by Gasteiger charge is 2.18. The Labute approximate surface area is 110 Å². The summed E-state index contributed by atoms with van der Waals surface area (Å²) in [5.74, 6) is 0.311. The molecule has 2 heterocycles. The molecule has 4 nitrogen and oxygen atoms in total. The number of nitrogens with two attached hydrogens (primary N) is 1. The SMILES string of the molecule is Nc1nc2c(c(-c3ccccc3Cl)n1)CNCC2. The minimum atomic E-state index is 0.311. The lowest BCUT2D eigenvalue weighted by Gasteiger charge is -2.19. The summed E-state index contributed by atoms with van der Waals surface area (Å²) in [6, 6.07) is 7.67. The minimum absolute atomic E-state index is 0.311. The van der Waals surface area contributed by atoms with Crippen LogP contribution in [0, 0.1) is 0 Å². The van der Waals surface area contributed by atoms with Gasteiger partial charge in [-0.15, -0.1) is 0 Å². The molecular formula is C13H13ClN4. The maximum absolute atomic E-state index is 6.23. The number of hydrogen-bond acceptors (Lipinski definition) is 4. The fraction of sp³-hybridized carbons (Fsp3) is 0.231. The second-order valence-corrected chi connectivity index (χ2v) is 4.67. The molecule has 5 heteroatoms. The van der Waals surface area contributed by atoms with E-state index in [9.17, 15) is 0 Å². The van der Waals surface area contributed by atoms with Crippen LogP contribution < -0.4 is 11.1 Å². The molecular weight excluding hydrogens is 248 g/mol. The number of fused-ring (bicyclic) bond motifs is 1. The van der Waals surface area contributed by atoms with E-state index in [0.29, 0.717) is 11.0 Å². The van der Waals surface area contributed by atoms with Crippen LogP contribution in [0.1, 0.15) is 11.3 Å². The zero-order chi connectivity index (χ0) is 12.5. The van der Waals surface area contributed by atoms with Crippen molar-refractivity contribution in [2.24, 2.45) is 0 Å². The smallest absolute Gasteiger partial charge is 0.220 e. The molecule has 1 aliphatic rings. The molecule has 1 aliphatic heterocycles. The van der Waals surface area contributed by atoms with Crippen LogP contribution in [0.5, 0.6) is 0 Å². The predicted molar refractivity (Wildman–Crippen MR) is 72.3 cm³/mol. The molecule has 0 spiro atoms. The van der Waals surface area contributed by atoms with Crippen LogP contribution in [0.3, 0.4) is 0 Å². The number of nitrogens with zero attached hydrogens (tertiary/aromatic N) is 2. The molecule has 0 bridgehead atoms. The third kappa shape index (κ3) is 1.94. The molecule has 0 saturated carbocycles. The maximum Gasteiger partial charge on any atom is 0.220 e. The predicted octanol–water partition coefficient (Wildman–Crippen LogP) is 2.02. The third-order valence-corrected chi connectivity index (χ3v) is 3.41. The number of halogens is 1. The molecule has 1 aromatic heterocycles. The summed E-state index contributed by atoms with van der Waals surface area (Å²) in [5.41, 5.74) is 9.66. The zero-order valence-corrected chi connectivity index (χ0v) is 10.5. The van der Waals surface area contributed by atoms with Crippen LogP contribution in [-0.4, -0.2) is 16.5 Å². The first-order valence-electron chi connectivity index (χ1n) is 5.86. The average molecular weight is 261 g/mol. The average Bonchev–Trinajstić information content (AvgIpc) is 2.38. The van der Waals surface area contributed by atoms with E-state index >= 15 is 0 Å². The van der Waals surface area contributed by atoms with Crippen LogP contribution in [0.15, 0.2) is 24.3 Å². The Morgan fingerprint density at radius 2 is 2.06 bits per heavy atom. The lowest BCUT2D eigenvalue weighted by Crippen LogP contribution is -2.26. The number of anilines is 1. The van der Waals surface area contributed by atoms with E-state index in [0.717, 1.165) is 42.0 Å². The molecule has 0 aliphatic carbocycles. The largest absolute Gasteiger partial charge is 0.368 e. The standard InChI is InChI=1S/C13H13ClN4/c14-10-4-2-1-3-8(10)12-9-7-16-6-5-11(9)17-13(15)18-12/h1-4,16H,5-7H2,(H2,15,17,18). The lowest BCUT2D eigenvalue weighted by molar-refractivity contribution is 0.629. The summed E-state index contributed by atoms with van der Waals surface area (Å²) in [6.07, 6.45) is 0.875. The highest BCUT2D eigenvalue weighted by Crippen LogP contribution is 2.31. The van der Waals surface area contributed by atoms with Gasteiger partial charge in [0.25, 0.3) is 0 Å². The molecule has 18 heavy (non-hydrogen) atoms. The summed E-state index contributed by atoms with van der Waals surface area (Å²) in [7, 11) is 0. The van der Waals surface area contributed by atoms with Gasteiger partial charge >= 0.3 is 0 Å². The topological polar surface area (TPSA) is 63.8 Å². The van der Waals surface area contributed by atoms with Crippen molar-refractivity contribution in [1.82, 2.24) is 15.3 Å². The number of benzene rings is 1. The van der Waals surface area contributed by atoms with Crippen LogP contribution >= 0.6 is 11.6 Å². The van der Waals surface area contributed by atoms with E-state index in [4.69, 9.17) is 17.3 Å². The number of nitrogens with one attached hydrogen (secondary N) is 1. The Balaban J connectivity index is 2.23. The van der Waals surface area contributed by atoms with Gasteiger partial charge in [-0.2, -0.15) is 0 Å². The van der Waals surface area contributed by atoms with Gasteiger partial charge in [0.15, 0.2) is 0 Å². The Morgan fingerprint density at radius 3 is 2.89 bits per heavy atom. The van der Waals surface area contributed by atoms with Crippen molar-refractivity contribution in [3.05, 3.63) is 40.5 Å². The van der Waals surface area contributed by atoms with Gasteiger partial charge in [0, 0.05) is 35.7 Å². The molecule has 3 N–H and O–H groups in total. The van der Waals surface area contributed by atoms with Gasteiger partial charge in [0.2, 0.25) is 5.95 Å². The van der Waals surface area contributed by atoms with Gasteiger partial charge in [-0.05, 0) is 6.07 Å². The summed E-state index contributed by atoms with van der Waals surface area (Å²) in [5, 5.41) is 4.01. The zero-order valence-electron chi connectivity index (χ0n) is 9.78. The second-order valence-electron chi connectivity index (χ2n) is 4.26. The molecule has 0 atom stereocenters. The van der Waals surface area contributed by atoms with Crippen molar-refractivity contribution >= 4 is 17.5 Å². The molecule has 0 saturated heterocycles. The quantitative estimate of drug-likeness (QED) is 0.824. The van der Waals surface area contributed by atoms with Crippen molar-refractivity contribution in [3.63, 3.8) is 0 Å². The van der Waals surface area contributed by atoms with Gasteiger partial charge in [-0.25, -0.2) is 9.97 Å². The molecule has 92 valence electrons. The first-order valence-corrected chi connectivity index (χ1v) is 6.24. The maximum atomic E-state index is 6.23. The van der Waals surface area contributed by atoms with E-state index in [-0.39, 0.29) is 0 Å². The van der Waals surface area contributed by atoms with E-state index in [1.54, 1.807) is 0 Å². The third-order valence-electron chi connectivity index (χ3n) is 3.08. The van der Waals surface area contributed by atoms with Gasteiger partial charge in [-0.3, -0.25) is 0 Å². The molecule has 3 rings (SSSR count).